The van der Waals surface area contributed by atoms with Crippen LogP contribution in [0.25, 0.3) is 0 Å². The Morgan fingerprint density at radius 3 is 2.62 bits per heavy atom. The topological polar surface area (TPSA) is 95.6 Å². The van der Waals surface area contributed by atoms with E-state index in [9.17, 15) is 19.2 Å². The van der Waals surface area contributed by atoms with Crippen molar-refractivity contribution in [2.75, 3.05) is 0 Å². The van der Waals surface area contributed by atoms with Gasteiger partial charge in [-0.1, -0.05) is 29.8 Å². The molecule has 2 aliphatic rings. The highest BCUT2D eigenvalue weighted by atomic mass is 35.5. The zero-order valence-electron chi connectivity index (χ0n) is 15.4. The molecule has 0 saturated carbocycles. The molecule has 148 valence electrons. The third-order valence-corrected chi connectivity index (χ3v) is 5.45. The number of fused-ring (bicyclic) bond motifs is 1. The molecule has 2 heterocycles. The molecule has 0 radical (unpaired) electrons. The van der Waals surface area contributed by atoms with Crippen LogP contribution in [0.15, 0.2) is 42.5 Å². The van der Waals surface area contributed by atoms with E-state index in [4.69, 9.17) is 11.6 Å². The van der Waals surface area contributed by atoms with Crippen molar-refractivity contribution in [3.63, 3.8) is 0 Å². The molecule has 7 nitrogen and oxygen atoms in total. The minimum Gasteiger partial charge on any atom is -0.295 e. The number of imide groups is 2. The predicted octanol–water partition coefficient (Wildman–Crippen LogP) is 2.03. The first kappa shape index (κ1) is 19.3. The number of nitrogens with one attached hydrogen (secondary N) is 2. The zero-order valence-corrected chi connectivity index (χ0v) is 16.2. The minimum absolute atomic E-state index is 0.262. The normalized spacial score (nSPS) is 18.9. The number of piperidine rings is 1. The number of halogens is 1. The summed E-state index contributed by atoms with van der Waals surface area (Å²) >= 11 is 5.91. The van der Waals surface area contributed by atoms with E-state index in [0.717, 1.165) is 11.1 Å². The molecule has 2 N–H and O–H groups in total. The van der Waals surface area contributed by atoms with Gasteiger partial charge in [-0.15, -0.1) is 0 Å². The first-order chi connectivity index (χ1) is 13.9. The summed E-state index contributed by atoms with van der Waals surface area (Å²) in [5.74, 6) is -1.61. The summed E-state index contributed by atoms with van der Waals surface area (Å²) in [6.07, 6.45) is 0.748. The van der Waals surface area contributed by atoms with E-state index in [-0.39, 0.29) is 11.8 Å². The molecule has 2 aliphatic heterocycles. The van der Waals surface area contributed by atoms with E-state index < -0.39 is 17.9 Å². The molecule has 1 saturated heterocycles. The molecule has 8 heteroatoms. The van der Waals surface area contributed by atoms with Crippen LogP contribution in [0.2, 0.25) is 5.02 Å². The highest BCUT2D eigenvalue weighted by Crippen LogP contribution is 2.29. The fourth-order valence-electron chi connectivity index (χ4n) is 3.78. The number of nitrogens with zero attached hydrogens (tertiary/aromatic N) is 1. The van der Waals surface area contributed by atoms with Crippen LogP contribution in [0.5, 0.6) is 0 Å². The highest BCUT2D eigenvalue weighted by Gasteiger charge is 2.36. The van der Waals surface area contributed by atoms with E-state index in [1.54, 1.807) is 30.3 Å². The molecule has 4 amide bonds. The van der Waals surface area contributed by atoms with Crippen molar-refractivity contribution >= 4 is 35.2 Å². The Balaban J connectivity index is 1.51. The summed E-state index contributed by atoms with van der Waals surface area (Å²) in [5.41, 5.74) is 2.41. The van der Waals surface area contributed by atoms with Crippen LogP contribution >= 0.6 is 11.6 Å². The molecule has 0 spiro atoms. The number of hydrogen-bond acceptors (Lipinski definition) is 5. The fourth-order valence-corrected chi connectivity index (χ4v) is 3.97. The van der Waals surface area contributed by atoms with Gasteiger partial charge in [0, 0.05) is 35.7 Å². The van der Waals surface area contributed by atoms with Crippen LogP contribution < -0.4 is 10.6 Å². The van der Waals surface area contributed by atoms with Crippen LogP contribution in [0.3, 0.4) is 0 Å². The largest absolute Gasteiger partial charge is 0.295 e. The third kappa shape index (κ3) is 3.92. The second-order valence-electron chi connectivity index (χ2n) is 7.11. The van der Waals surface area contributed by atoms with Gasteiger partial charge in [0.2, 0.25) is 11.8 Å². The number of hydrogen-bond donors (Lipinski definition) is 2. The SMILES string of the molecule is O=C1CCC(N2Cc3cccc(C(=O)NC(=O)c4cccc(Cl)c4)c3C2)C(=O)N1. The number of carbonyl (C=O) groups is 4. The van der Waals surface area contributed by atoms with Gasteiger partial charge >= 0.3 is 0 Å². The summed E-state index contributed by atoms with van der Waals surface area (Å²) in [7, 11) is 0. The number of benzene rings is 2. The first-order valence-corrected chi connectivity index (χ1v) is 9.60. The lowest BCUT2D eigenvalue weighted by Gasteiger charge is -2.29. The molecular weight excluding hydrogens is 394 g/mol. The molecule has 1 atom stereocenters. The predicted molar refractivity (Wildman–Crippen MR) is 105 cm³/mol. The molecular formula is C21H18ClN3O4. The molecule has 1 fully saturated rings. The molecule has 0 aromatic heterocycles. The van der Waals surface area contributed by atoms with Gasteiger partial charge in [0.05, 0.1) is 6.04 Å². The Labute approximate surface area is 172 Å². The molecule has 2 aromatic rings. The maximum atomic E-state index is 12.8. The van der Waals surface area contributed by atoms with Gasteiger partial charge in [0.15, 0.2) is 0 Å². The van der Waals surface area contributed by atoms with E-state index in [1.807, 2.05) is 11.0 Å². The maximum Gasteiger partial charge on any atom is 0.258 e. The van der Waals surface area contributed by atoms with Crippen LogP contribution in [-0.2, 0) is 22.7 Å². The quantitative estimate of drug-likeness (QED) is 0.753. The Bertz CT molecular complexity index is 1040. The van der Waals surface area contributed by atoms with Crippen molar-refractivity contribution in [2.24, 2.45) is 0 Å². The summed E-state index contributed by atoms with van der Waals surface area (Å²) in [4.78, 5) is 50.7. The van der Waals surface area contributed by atoms with E-state index in [1.165, 1.54) is 6.07 Å². The van der Waals surface area contributed by atoms with Gasteiger partial charge in [-0.2, -0.15) is 0 Å². The smallest absolute Gasteiger partial charge is 0.258 e. The minimum atomic E-state index is -0.532. The Kier molecular flexibility index (Phi) is 5.17. The first-order valence-electron chi connectivity index (χ1n) is 9.22. The third-order valence-electron chi connectivity index (χ3n) is 5.22. The zero-order chi connectivity index (χ0) is 20.5. The van der Waals surface area contributed by atoms with E-state index in [2.05, 4.69) is 10.6 Å². The van der Waals surface area contributed by atoms with Gasteiger partial charge in [-0.3, -0.25) is 34.7 Å². The van der Waals surface area contributed by atoms with Crippen molar-refractivity contribution in [3.8, 4) is 0 Å². The molecule has 2 aromatic carbocycles. The van der Waals surface area contributed by atoms with E-state index >= 15 is 0 Å². The van der Waals surface area contributed by atoms with Crippen molar-refractivity contribution in [1.29, 1.82) is 0 Å². The lowest BCUT2D eigenvalue weighted by molar-refractivity contribution is -0.137. The number of rotatable bonds is 3. The lowest BCUT2D eigenvalue weighted by Crippen LogP contribution is -2.50. The highest BCUT2D eigenvalue weighted by molar-refractivity contribution is 6.31. The molecule has 1 unspecified atom stereocenters. The average Bonchev–Trinajstić information content (AvgIpc) is 3.11. The Morgan fingerprint density at radius 2 is 1.86 bits per heavy atom. The van der Waals surface area contributed by atoms with Gasteiger partial charge in [-0.05, 0) is 41.8 Å². The van der Waals surface area contributed by atoms with Crippen LogP contribution in [0.4, 0.5) is 0 Å². The van der Waals surface area contributed by atoms with Crippen LogP contribution in [0.1, 0.15) is 44.7 Å². The van der Waals surface area contributed by atoms with Crippen molar-refractivity contribution in [2.45, 2.75) is 32.0 Å². The average molecular weight is 412 g/mol. The Hall–Kier alpha value is -3.03. The van der Waals surface area contributed by atoms with E-state index in [0.29, 0.717) is 42.1 Å². The monoisotopic (exact) mass is 411 g/mol. The van der Waals surface area contributed by atoms with Gasteiger partial charge in [-0.25, -0.2) is 0 Å². The summed E-state index contributed by atoms with van der Waals surface area (Å²) in [6.45, 7) is 0.904. The van der Waals surface area contributed by atoms with Crippen LogP contribution in [-0.4, -0.2) is 34.6 Å². The molecule has 4 rings (SSSR count). The second-order valence-corrected chi connectivity index (χ2v) is 7.55. The van der Waals surface area contributed by atoms with Gasteiger partial charge in [0.25, 0.3) is 11.8 Å². The summed E-state index contributed by atoms with van der Waals surface area (Å²) in [6, 6.07) is 11.3. The summed E-state index contributed by atoms with van der Waals surface area (Å²) in [5, 5.41) is 5.17. The van der Waals surface area contributed by atoms with Crippen molar-refractivity contribution in [3.05, 3.63) is 69.7 Å². The molecule has 0 aliphatic carbocycles. The standard InChI is InChI=1S/C21H18ClN3O4/c22-14-5-1-3-12(9-14)19(27)24-20(28)15-6-2-4-13-10-25(11-16(13)15)17-7-8-18(26)23-21(17)29/h1-6,9,17H,7-8,10-11H2,(H,23,26,29)(H,24,27,28). The maximum absolute atomic E-state index is 12.8. The van der Waals surface area contributed by atoms with Crippen molar-refractivity contribution in [1.82, 2.24) is 15.5 Å². The lowest BCUT2D eigenvalue weighted by atomic mass is 10.0. The van der Waals surface area contributed by atoms with Crippen molar-refractivity contribution < 1.29 is 19.2 Å². The number of carbonyl (C=O) groups excluding carboxylic acids is 4. The fraction of sp³-hybridized carbons (Fsp3) is 0.238. The Morgan fingerprint density at radius 1 is 1.07 bits per heavy atom. The number of amides is 4. The van der Waals surface area contributed by atoms with Crippen LogP contribution in [0, 0.1) is 0 Å². The molecule has 29 heavy (non-hydrogen) atoms. The second kappa shape index (κ2) is 7.77. The molecule has 0 bridgehead atoms. The van der Waals surface area contributed by atoms with Gasteiger partial charge in [0.1, 0.15) is 0 Å². The summed E-state index contributed by atoms with van der Waals surface area (Å²) < 4.78 is 0. The van der Waals surface area contributed by atoms with Gasteiger partial charge < -0.3 is 0 Å².